The number of nitrogens with one attached hydrogen (secondary N) is 2. The van der Waals surface area contributed by atoms with Crippen LogP contribution < -0.4 is 15.4 Å². The second-order valence-corrected chi connectivity index (χ2v) is 7.14. The van der Waals surface area contributed by atoms with Crippen LogP contribution in [0.2, 0.25) is 5.02 Å². The summed E-state index contributed by atoms with van der Waals surface area (Å²) in [4.78, 5) is 12.1. The fourth-order valence-corrected chi connectivity index (χ4v) is 3.26. The van der Waals surface area contributed by atoms with Crippen molar-refractivity contribution in [2.45, 2.75) is 44.8 Å². The van der Waals surface area contributed by atoms with Crippen molar-refractivity contribution in [3.8, 4) is 5.75 Å². The Hall–Kier alpha value is -2.04. The van der Waals surface area contributed by atoms with E-state index in [1.807, 2.05) is 48.5 Å². The lowest BCUT2D eigenvalue weighted by atomic mass is 9.95. The molecule has 0 heterocycles. The average Bonchev–Trinajstić information content (AvgIpc) is 2.68. The van der Waals surface area contributed by atoms with E-state index in [1.165, 1.54) is 32.1 Å². The maximum atomic E-state index is 12.1. The van der Waals surface area contributed by atoms with E-state index < -0.39 is 0 Å². The Morgan fingerprint density at radius 2 is 1.69 bits per heavy atom. The van der Waals surface area contributed by atoms with E-state index in [4.69, 9.17) is 16.3 Å². The van der Waals surface area contributed by atoms with E-state index in [0.29, 0.717) is 24.2 Å². The van der Waals surface area contributed by atoms with Gasteiger partial charge in [0.05, 0.1) is 6.54 Å². The van der Waals surface area contributed by atoms with Crippen molar-refractivity contribution >= 4 is 23.2 Å². The number of benzene rings is 2. The number of ether oxygens (including phenoxy) is 1. The molecule has 138 valence electrons. The summed E-state index contributed by atoms with van der Waals surface area (Å²) in [5.41, 5.74) is 1.83. The van der Waals surface area contributed by atoms with Gasteiger partial charge in [-0.1, -0.05) is 43.0 Å². The van der Waals surface area contributed by atoms with E-state index in [-0.39, 0.29) is 5.91 Å². The van der Waals surface area contributed by atoms with Crippen LogP contribution in [0.4, 0.5) is 5.69 Å². The third-order valence-corrected chi connectivity index (χ3v) is 4.87. The average molecular weight is 373 g/mol. The van der Waals surface area contributed by atoms with E-state index in [9.17, 15) is 4.79 Å². The third-order valence-electron chi connectivity index (χ3n) is 4.61. The Kier molecular flexibility index (Phi) is 6.92. The van der Waals surface area contributed by atoms with E-state index in [0.717, 1.165) is 17.0 Å². The quantitative estimate of drug-likeness (QED) is 0.735. The minimum Gasteiger partial charge on any atom is -0.489 e. The highest BCUT2D eigenvalue weighted by Crippen LogP contribution is 2.19. The van der Waals surface area contributed by atoms with Crippen molar-refractivity contribution in [2.75, 3.05) is 11.9 Å². The fourth-order valence-electron chi connectivity index (χ4n) is 3.13. The number of rotatable bonds is 7. The van der Waals surface area contributed by atoms with Gasteiger partial charge in [0.15, 0.2) is 0 Å². The van der Waals surface area contributed by atoms with Gasteiger partial charge in [-0.15, -0.1) is 0 Å². The van der Waals surface area contributed by atoms with Crippen LogP contribution in [0.3, 0.4) is 0 Å². The molecule has 0 aliphatic heterocycles. The molecule has 2 N–H and O–H groups in total. The van der Waals surface area contributed by atoms with Crippen LogP contribution in [0.5, 0.6) is 5.75 Å². The van der Waals surface area contributed by atoms with Crippen LogP contribution >= 0.6 is 11.6 Å². The van der Waals surface area contributed by atoms with Crippen molar-refractivity contribution < 1.29 is 9.53 Å². The molecule has 0 radical (unpaired) electrons. The largest absolute Gasteiger partial charge is 0.489 e. The number of hydrogen-bond acceptors (Lipinski definition) is 3. The first-order chi connectivity index (χ1) is 12.7. The summed E-state index contributed by atoms with van der Waals surface area (Å²) < 4.78 is 5.75. The van der Waals surface area contributed by atoms with Crippen molar-refractivity contribution in [2.24, 2.45) is 0 Å². The monoisotopic (exact) mass is 372 g/mol. The molecule has 1 aliphatic rings. The molecule has 0 unspecified atom stereocenters. The first-order valence-corrected chi connectivity index (χ1v) is 9.57. The van der Waals surface area contributed by atoms with Gasteiger partial charge in [-0.25, -0.2) is 0 Å². The summed E-state index contributed by atoms with van der Waals surface area (Å²) in [6.45, 7) is 0.841. The minimum atomic E-state index is -0.00888. The number of halogens is 1. The minimum absolute atomic E-state index is 0.00888. The summed E-state index contributed by atoms with van der Waals surface area (Å²) in [5, 5.41) is 6.98. The maximum absolute atomic E-state index is 12.1. The zero-order valence-corrected chi connectivity index (χ0v) is 15.6. The van der Waals surface area contributed by atoms with Crippen LogP contribution in [0.15, 0.2) is 48.5 Å². The van der Waals surface area contributed by atoms with Crippen LogP contribution in [0, 0.1) is 0 Å². The Morgan fingerprint density at radius 3 is 2.38 bits per heavy atom. The molecule has 0 saturated heterocycles. The van der Waals surface area contributed by atoms with Crippen molar-refractivity contribution in [1.82, 2.24) is 5.32 Å². The normalized spacial score (nSPS) is 14.8. The van der Waals surface area contributed by atoms with Crippen molar-refractivity contribution in [1.29, 1.82) is 0 Å². The SMILES string of the molecule is O=C(CNC1CCCCC1)Nc1ccc(OCc2ccc(Cl)cc2)cc1. The van der Waals surface area contributed by atoms with Gasteiger partial charge in [0, 0.05) is 16.8 Å². The molecule has 2 aromatic carbocycles. The number of amides is 1. The molecule has 26 heavy (non-hydrogen) atoms. The summed E-state index contributed by atoms with van der Waals surface area (Å²) in [6.07, 6.45) is 6.18. The molecule has 0 spiro atoms. The molecule has 0 atom stereocenters. The smallest absolute Gasteiger partial charge is 0.238 e. The van der Waals surface area contributed by atoms with Gasteiger partial charge in [-0.05, 0) is 54.8 Å². The second-order valence-electron chi connectivity index (χ2n) is 6.70. The predicted molar refractivity (Wildman–Crippen MR) is 106 cm³/mol. The summed E-state index contributed by atoms with van der Waals surface area (Å²) in [6, 6.07) is 15.5. The number of carbonyl (C=O) groups excluding carboxylic acids is 1. The predicted octanol–water partition coefficient (Wildman–Crippen LogP) is 4.78. The lowest BCUT2D eigenvalue weighted by molar-refractivity contribution is -0.115. The van der Waals surface area contributed by atoms with E-state index >= 15 is 0 Å². The highest BCUT2D eigenvalue weighted by molar-refractivity contribution is 6.30. The van der Waals surface area contributed by atoms with Gasteiger partial charge in [0.25, 0.3) is 0 Å². The lowest BCUT2D eigenvalue weighted by Gasteiger charge is -2.22. The zero-order chi connectivity index (χ0) is 18.2. The first-order valence-electron chi connectivity index (χ1n) is 9.19. The molecule has 2 aromatic rings. The standard InChI is InChI=1S/C21H25ClN2O2/c22-17-8-6-16(7-9-17)15-26-20-12-10-19(11-13-20)24-21(25)14-23-18-4-2-1-3-5-18/h6-13,18,23H,1-5,14-15H2,(H,24,25). The highest BCUT2D eigenvalue weighted by Gasteiger charge is 2.13. The second kappa shape index (κ2) is 9.60. The highest BCUT2D eigenvalue weighted by atomic mass is 35.5. The van der Waals surface area contributed by atoms with E-state index in [1.54, 1.807) is 0 Å². The zero-order valence-electron chi connectivity index (χ0n) is 14.8. The Morgan fingerprint density at radius 1 is 1.00 bits per heavy atom. The molecule has 5 heteroatoms. The third kappa shape index (κ3) is 6.04. The molecule has 0 aromatic heterocycles. The van der Waals surface area contributed by atoms with Crippen LogP contribution in [-0.2, 0) is 11.4 Å². The van der Waals surface area contributed by atoms with E-state index in [2.05, 4.69) is 10.6 Å². The molecule has 4 nitrogen and oxygen atoms in total. The summed E-state index contributed by atoms with van der Waals surface area (Å²) in [7, 11) is 0. The molecular formula is C21H25ClN2O2. The van der Waals surface area contributed by atoms with Crippen molar-refractivity contribution in [3.05, 3.63) is 59.1 Å². The first kappa shape index (κ1) is 18.7. The molecule has 3 rings (SSSR count). The van der Waals surface area contributed by atoms with Gasteiger partial charge in [0.1, 0.15) is 12.4 Å². The number of anilines is 1. The summed E-state index contributed by atoms with van der Waals surface area (Å²) in [5.74, 6) is 0.753. The summed E-state index contributed by atoms with van der Waals surface area (Å²) >= 11 is 5.87. The lowest BCUT2D eigenvalue weighted by Crippen LogP contribution is -2.37. The van der Waals surface area contributed by atoms with Crippen LogP contribution in [0.25, 0.3) is 0 Å². The topological polar surface area (TPSA) is 50.4 Å². The number of hydrogen-bond donors (Lipinski definition) is 2. The fraction of sp³-hybridized carbons (Fsp3) is 0.381. The Labute approximate surface area is 159 Å². The van der Waals surface area contributed by atoms with Gasteiger partial charge in [-0.2, -0.15) is 0 Å². The Bertz CT molecular complexity index is 695. The molecule has 1 fully saturated rings. The van der Waals surface area contributed by atoms with Gasteiger partial charge < -0.3 is 15.4 Å². The maximum Gasteiger partial charge on any atom is 0.238 e. The van der Waals surface area contributed by atoms with Gasteiger partial charge >= 0.3 is 0 Å². The van der Waals surface area contributed by atoms with Gasteiger partial charge in [-0.3, -0.25) is 4.79 Å². The molecule has 1 amide bonds. The molecular weight excluding hydrogens is 348 g/mol. The van der Waals surface area contributed by atoms with Crippen molar-refractivity contribution in [3.63, 3.8) is 0 Å². The Balaban J connectivity index is 1.41. The molecule has 0 bridgehead atoms. The number of carbonyl (C=O) groups is 1. The van der Waals surface area contributed by atoms with Crippen LogP contribution in [-0.4, -0.2) is 18.5 Å². The van der Waals surface area contributed by atoms with Gasteiger partial charge in [0.2, 0.25) is 5.91 Å². The molecule has 1 aliphatic carbocycles. The van der Waals surface area contributed by atoms with Crippen LogP contribution in [0.1, 0.15) is 37.7 Å². The molecule has 1 saturated carbocycles.